The average Bonchev–Trinajstić information content (AvgIpc) is 2.20. The van der Waals surface area contributed by atoms with Crippen LogP contribution in [0.3, 0.4) is 0 Å². The summed E-state index contributed by atoms with van der Waals surface area (Å²) in [5.74, 6) is 0. The molecule has 1 rings (SSSR count). The second-order valence-corrected chi connectivity index (χ2v) is 5.71. The molecule has 87 valence electrons. The first-order valence-electron chi connectivity index (χ1n) is 4.96. The predicted octanol–water partition coefficient (Wildman–Crippen LogP) is 4.88. The number of halogens is 2. The summed E-state index contributed by atoms with van der Waals surface area (Å²) in [6, 6.07) is 0. The molecule has 0 N–H and O–H groups in total. The summed E-state index contributed by atoms with van der Waals surface area (Å²) in [4.78, 5) is 0. The molecule has 0 bridgehead atoms. The maximum atomic E-state index is 2.36. The van der Waals surface area contributed by atoms with Crippen molar-refractivity contribution in [2.45, 2.75) is 45.2 Å². The van der Waals surface area contributed by atoms with Crippen LogP contribution < -0.4 is 0 Å². The van der Waals surface area contributed by atoms with Gasteiger partial charge in [0.05, 0.1) is 0 Å². The van der Waals surface area contributed by atoms with Crippen molar-refractivity contribution in [1.82, 2.24) is 0 Å². The van der Waals surface area contributed by atoms with Gasteiger partial charge in [0.1, 0.15) is 0 Å². The van der Waals surface area contributed by atoms with E-state index in [1.54, 1.807) is 41.4 Å². The normalized spacial score (nSPS) is 18.7. The molecule has 3 heteroatoms. The van der Waals surface area contributed by atoms with Crippen molar-refractivity contribution in [3.05, 3.63) is 22.3 Å². The molecule has 0 aromatic carbocycles. The van der Waals surface area contributed by atoms with Crippen LogP contribution in [0, 0.1) is 5.41 Å². The molecule has 15 heavy (non-hydrogen) atoms. The molecule has 0 saturated carbocycles. The van der Waals surface area contributed by atoms with Crippen LogP contribution in [-0.2, 0) is 24.7 Å². The van der Waals surface area contributed by atoms with E-state index in [4.69, 9.17) is 0 Å². The number of hydrogen-bond donors (Lipinski definition) is 0. The van der Waals surface area contributed by atoms with E-state index in [1.165, 1.54) is 16.1 Å². The maximum Gasteiger partial charge on any atom is -0.147 e. The standard InChI is InChI=1S/C12H19.2ClH.Zr/c1-7-11-9(3)8(2)10(4)12(11,5)6;;;/h1,7H2,2-6H3;2*1H;. The molecule has 0 unspecified atom stereocenters. The molecular formula is C12H21Cl2Zr. The summed E-state index contributed by atoms with van der Waals surface area (Å²) >= 11 is 1.66. The van der Waals surface area contributed by atoms with Crippen molar-refractivity contribution in [3.8, 4) is 0 Å². The summed E-state index contributed by atoms with van der Waals surface area (Å²) in [7, 11) is 0. The van der Waals surface area contributed by atoms with Crippen LogP contribution in [0.25, 0.3) is 0 Å². The number of allylic oxidation sites excluding steroid dienone is 4. The Hall–Kier alpha value is 0.943. The van der Waals surface area contributed by atoms with E-state index in [-0.39, 0.29) is 24.8 Å². The molecule has 0 fully saturated rings. The summed E-state index contributed by atoms with van der Waals surface area (Å²) in [6.07, 6.45) is 1.30. The Labute approximate surface area is 122 Å². The predicted molar refractivity (Wildman–Crippen MR) is 68.8 cm³/mol. The second kappa shape index (κ2) is 6.62. The zero-order valence-electron chi connectivity index (χ0n) is 10.2. The van der Waals surface area contributed by atoms with Crippen molar-refractivity contribution in [1.29, 1.82) is 0 Å². The fourth-order valence-electron chi connectivity index (χ4n) is 2.30. The Kier molecular flexibility index (Phi) is 8.09. The van der Waals surface area contributed by atoms with Crippen LogP contribution in [-0.4, -0.2) is 0 Å². The van der Waals surface area contributed by atoms with E-state index in [1.807, 2.05) is 0 Å². The summed E-state index contributed by atoms with van der Waals surface area (Å²) in [6.45, 7) is 11.6. The van der Waals surface area contributed by atoms with Crippen LogP contribution in [0.15, 0.2) is 22.3 Å². The molecule has 0 aliphatic heterocycles. The number of hydrogen-bond acceptors (Lipinski definition) is 0. The molecule has 0 nitrogen and oxygen atoms in total. The quantitative estimate of drug-likeness (QED) is 0.678. The molecule has 0 aromatic rings. The van der Waals surface area contributed by atoms with Gasteiger partial charge in [-0.3, -0.25) is 0 Å². The smallest absolute Gasteiger partial charge is 0.147 e. The molecule has 1 aliphatic rings. The molecule has 0 amide bonds. The van der Waals surface area contributed by atoms with Gasteiger partial charge >= 0.3 is 97.6 Å². The van der Waals surface area contributed by atoms with Crippen LogP contribution in [0.2, 0.25) is 4.13 Å². The van der Waals surface area contributed by atoms with Gasteiger partial charge in [-0.15, -0.1) is 24.8 Å². The average molecular weight is 327 g/mol. The van der Waals surface area contributed by atoms with Gasteiger partial charge in [0.15, 0.2) is 0 Å². The summed E-state index contributed by atoms with van der Waals surface area (Å²) < 4.78 is 1.35. The van der Waals surface area contributed by atoms with Crippen LogP contribution in [0.4, 0.5) is 0 Å². The Morgan fingerprint density at radius 2 is 1.47 bits per heavy atom. The van der Waals surface area contributed by atoms with Crippen LogP contribution >= 0.6 is 24.8 Å². The van der Waals surface area contributed by atoms with Gasteiger partial charge < -0.3 is 0 Å². The minimum atomic E-state index is 0. The summed E-state index contributed by atoms with van der Waals surface area (Å²) in [5.41, 5.74) is 6.68. The Balaban J connectivity index is 0. The van der Waals surface area contributed by atoms with E-state index >= 15 is 0 Å². The monoisotopic (exact) mass is 325 g/mol. The zero-order valence-corrected chi connectivity index (χ0v) is 14.3. The first kappa shape index (κ1) is 18.3. The van der Waals surface area contributed by atoms with Crippen LogP contribution in [0.1, 0.15) is 41.0 Å². The SMILES string of the molecule is CC1=C(C)C(C)(C)C(C[CH2][Zr])=C1C.Cl.Cl. The van der Waals surface area contributed by atoms with Gasteiger partial charge in [-0.1, -0.05) is 0 Å². The van der Waals surface area contributed by atoms with Crippen molar-refractivity contribution >= 4 is 24.8 Å². The third-order valence-electron chi connectivity index (χ3n) is 3.64. The zero-order chi connectivity index (χ0) is 10.2. The van der Waals surface area contributed by atoms with E-state index in [9.17, 15) is 0 Å². The second-order valence-electron chi connectivity index (χ2n) is 4.48. The summed E-state index contributed by atoms with van der Waals surface area (Å²) in [5, 5.41) is 0. The van der Waals surface area contributed by atoms with Crippen molar-refractivity contribution < 1.29 is 24.7 Å². The molecule has 0 heterocycles. The van der Waals surface area contributed by atoms with Gasteiger partial charge in [0.25, 0.3) is 0 Å². The van der Waals surface area contributed by atoms with E-state index in [0.29, 0.717) is 5.41 Å². The molecule has 0 saturated heterocycles. The van der Waals surface area contributed by atoms with Crippen LogP contribution in [0.5, 0.6) is 0 Å². The Morgan fingerprint density at radius 3 is 1.73 bits per heavy atom. The maximum absolute atomic E-state index is 2.36. The molecule has 0 spiro atoms. The van der Waals surface area contributed by atoms with Crippen molar-refractivity contribution in [2.24, 2.45) is 5.41 Å². The molecule has 0 aromatic heterocycles. The third-order valence-corrected chi connectivity index (χ3v) is 4.26. The molecule has 1 aliphatic carbocycles. The van der Waals surface area contributed by atoms with Crippen molar-refractivity contribution in [2.75, 3.05) is 0 Å². The van der Waals surface area contributed by atoms with Gasteiger partial charge in [-0.2, -0.15) is 0 Å². The van der Waals surface area contributed by atoms with Gasteiger partial charge in [0.2, 0.25) is 0 Å². The van der Waals surface area contributed by atoms with E-state index in [0.717, 1.165) is 0 Å². The van der Waals surface area contributed by atoms with Gasteiger partial charge in [-0.25, -0.2) is 0 Å². The molecule has 0 radical (unpaired) electrons. The largest absolute Gasteiger partial charge is 0.147 e. The first-order valence-corrected chi connectivity index (χ1v) is 6.70. The Bertz CT molecular complexity index is 288. The third kappa shape index (κ3) is 3.21. The Morgan fingerprint density at radius 1 is 1.00 bits per heavy atom. The van der Waals surface area contributed by atoms with E-state index < -0.39 is 0 Å². The molecular weight excluding hydrogens is 306 g/mol. The van der Waals surface area contributed by atoms with Crippen molar-refractivity contribution in [3.63, 3.8) is 0 Å². The number of rotatable bonds is 2. The minimum Gasteiger partial charge on any atom is -0.147 e. The van der Waals surface area contributed by atoms with Gasteiger partial charge in [-0.05, 0) is 0 Å². The first-order chi connectivity index (χ1) is 5.92. The minimum absolute atomic E-state index is 0. The van der Waals surface area contributed by atoms with E-state index in [2.05, 4.69) is 34.6 Å². The van der Waals surface area contributed by atoms with Gasteiger partial charge in [0, 0.05) is 0 Å². The molecule has 0 atom stereocenters. The fraction of sp³-hybridized carbons (Fsp3) is 0.667. The fourth-order valence-corrected chi connectivity index (χ4v) is 2.91. The topological polar surface area (TPSA) is 0 Å².